The first-order valence-electron chi connectivity index (χ1n) is 7.88. The van der Waals surface area contributed by atoms with E-state index in [1.165, 1.54) is 0 Å². The first kappa shape index (κ1) is 15.8. The van der Waals surface area contributed by atoms with Crippen LogP contribution in [-0.2, 0) is 4.79 Å². The highest BCUT2D eigenvalue weighted by Crippen LogP contribution is 2.26. The Bertz CT molecular complexity index is 449. The van der Waals surface area contributed by atoms with Crippen molar-refractivity contribution in [3.8, 4) is 0 Å². The summed E-state index contributed by atoms with van der Waals surface area (Å²) in [6, 6.07) is 10.7. The maximum absolute atomic E-state index is 12.0. The average Bonchev–Trinajstić information content (AvgIpc) is 2.90. The molecular formula is C17H27N3O. The number of nitrogens with one attached hydrogen (secondary N) is 1. The number of likely N-dealkylation sites (N-methyl/N-ethyl adjacent to an activating group) is 1. The molecule has 1 aliphatic carbocycles. The number of para-hydroxylation sites is 1. The highest BCUT2D eigenvalue weighted by Gasteiger charge is 2.26. The van der Waals surface area contributed by atoms with Gasteiger partial charge in [-0.1, -0.05) is 24.6 Å². The van der Waals surface area contributed by atoms with Gasteiger partial charge in [0.05, 0.1) is 0 Å². The Morgan fingerprint density at radius 1 is 1.38 bits per heavy atom. The molecule has 3 atom stereocenters. The molecule has 1 unspecified atom stereocenters. The largest absolute Gasteiger partial charge is 0.370 e. The second-order valence-corrected chi connectivity index (χ2v) is 6.16. The van der Waals surface area contributed by atoms with Crippen LogP contribution in [0.4, 0.5) is 5.69 Å². The summed E-state index contributed by atoms with van der Waals surface area (Å²) in [4.78, 5) is 14.2. The van der Waals surface area contributed by atoms with Gasteiger partial charge in [-0.15, -0.1) is 0 Å². The Labute approximate surface area is 127 Å². The number of carbonyl (C=O) groups is 1. The molecule has 1 fully saturated rings. The highest BCUT2D eigenvalue weighted by atomic mass is 16.1. The molecule has 4 heteroatoms. The van der Waals surface area contributed by atoms with Gasteiger partial charge in [-0.3, -0.25) is 4.79 Å². The minimum atomic E-state index is 0.130. The van der Waals surface area contributed by atoms with E-state index in [2.05, 4.69) is 36.3 Å². The molecule has 0 saturated heterocycles. The molecule has 2 rings (SSSR count). The normalized spacial score (nSPS) is 22.8. The molecule has 0 aromatic heterocycles. The molecule has 116 valence electrons. The van der Waals surface area contributed by atoms with Crippen molar-refractivity contribution in [2.75, 3.05) is 18.5 Å². The minimum Gasteiger partial charge on any atom is -0.370 e. The molecule has 21 heavy (non-hydrogen) atoms. The summed E-state index contributed by atoms with van der Waals surface area (Å²) < 4.78 is 0. The van der Waals surface area contributed by atoms with Gasteiger partial charge in [-0.2, -0.15) is 0 Å². The molecule has 1 amide bonds. The fourth-order valence-electron chi connectivity index (χ4n) is 2.95. The van der Waals surface area contributed by atoms with Gasteiger partial charge in [0, 0.05) is 37.8 Å². The number of nitrogens with two attached hydrogens (primary N) is 1. The Balaban J connectivity index is 1.75. The molecule has 1 saturated carbocycles. The van der Waals surface area contributed by atoms with Crippen LogP contribution >= 0.6 is 0 Å². The number of nitrogens with zero attached hydrogens (tertiary/aromatic N) is 1. The van der Waals surface area contributed by atoms with Crippen molar-refractivity contribution in [2.24, 2.45) is 11.7 Å². The summed E-state index contributed by atoms with van der Waals surface area (Å²) in [7, 11) is 2.05. The lowest BCUT2D eigenvalue weighted by molar-refractivity contribution is -0.122. The summed E-state index contributed by atoms with van der Waals surface area (Å²) in [5.41, 5.74) is 7.18. The van der Waals surface area contributed by atoms with Crippen molar-refractivity contribution < 1.29 is 4.79 Å². The van der Waals surface area contributed by atoms with Crippen LogP contribution in [0.25, 0.3) is 0 Å². The van der Waals surface area contributed by atoms with Gasteiger partial charge in [0.1, 0.15) is 0 Å². The van der Waals surface area contributed by atoms with E-state index in [4.69, 9.17) is 5.73 Å². The van der Waals surface area contributed by atoms with E-state index < -0.39 is 0 Å². The number of benzene rings is 1. The first-order chi connectivity index (χ1) is 10.1. The van der Waals surface area contributed by atoms with E-state index in [-0.39, 0.29) is 18.0 Å². The SMILES string of the molecule is CC(CNC(=O)C[C@@H]1CCC[C@H]1N)N(C)c1ccccc1. The van der Waals surface area contributed by atoms with Gasteiger partial charge < -0.3 is 16.0 Å². The van der Waals surface area contributed by atoms with Crippen molar-refractivity contribution in [3.05, 3.63) is 30.3 Å². The number of amides is 1. The van der Waals surface area contributed by atoms with E-state index in [0.29, 0.717) is 18.9 Å². The Morgan fingerprint density at radius 3 is 2.71 bits per heavy atom. The number of anilines is 1. The van der Waals surface area contributed by atoms with Crippen molar-refractivity contribution >= 4 is 11.6 Å². The summed E-state index contributed by atoms with van der Waals surface area (Å²) >= 11 is 0. The van der Waals surface area contributed by atoms with Gasteiger partial charge in [-0.05, 0) is 37.8 Å². The standard InChI is InChI=1S/C17H27N3O/c1-13(20(2)15-8-4-3-5-9-15)12-19-17(21)11-14-7-6-10-16(14)18/h3-5,8-9,13-14,16H,6-7,10-12,18H2,1-2H3,(H,19,21)/t13?,14-,16+/m0/s1. The Kier molecular flexibility index (Phi) is 5.62. The van der Waals surface area contributed by atoms with Crippen LogP contribution in [-0.4, -0.2) is 31.6 Å². The van der Waals surface area contributed by atoms with Crippen LogP contribution in [0.2, 0.25) is 0 Å². The van der Waals surface area contributed by atoms with Crippen LogP contribution in [0, 0.1) is 5.92 Å². The Hall–Kier alpha value is -1.55. The predicted molar refractivity (Wildman–Crippen MR) is 87.3 cm³/mol. The van der Waals surface area contributed by atoms with Gasteiger partial charge in [0.2, 0.25) is 5.91 Å². The monoisotopic (exact) mass is 289 g/mol. The van der Waals surface area contributed by atoms with Crippen LogP contribution in [0.15, 0.2) is 30.3 Å². The van der Waals surface area contributed by atoms with Crippen molar-refractivity contribution in [1.29, 1.82) is 0 Å². The molecule has 0 bridgehead atoms. The zero-order valence-electron chi connectivity index (χ0n) is 13.1. The van der Waals surface area contributed by atoms with Crippen LogP contribution in [0.5, 0.6) is 0 Å². The van der Waals surface area contributed by atoms with E-state index in [9.17, 15) is 4.79 Å². The van der Waals surface area contributed by atoms with Gasteiger partial charge in [-0.25, -0.2) is 0 Å². The van der Waals surface area contributed by atoms with E-state index in [1.54, 1.807) is 0 Å². The van der Waals surface area contributed by atoms with Gasteiger partial charge in [0.25, 0.3) is 0 Å². The summed E-state index contributed by atoms with van der Waals surface area (Å²) in [6.45, 7) is 2.78. The second kappa shape index (κ2) is 7.46. The van der Waals surface area contributed by atoms with E-state index >= 15 is 0 Å². The summed E-state index contributed by atoms with van der Waals surface area (Å²) in [5, 5.41) is 3.04. The van der Waals surface area contributed by atoms with E-state index in [1.807, 2.05) is 18.2 Å². The lowest BCUT2D eigenvalue weighted by atomic mass is 10.00. The maximum Gasteiger partial charge on any atom is 0.220 e. The lowest BCUT2D eigenvalue weighted by Crippen LogP contribution is -2.41. The molecular weight excluding hydrogens is 262 g/mol. The quantitative estimate of drug-likeness (QED) is 0.843. The first-order valence-corrected chi connectivity index (χ1v) is 7.88. The number of rotatable bonds is 6. The molecule has 0 heterocycles. The molecule has 0 spiro atoms. The second-order valence-electron chi connectivity index (χ2n) is 6.16. The van der Waals surface area contributed by atoms with Crippen LogP contribution in [0.1, 0.15) is 32.6 Å². The third kappa shape index (κ3) is 4.46. The molecule has 0 aliphatic heterocycles. The van der Waals surface area contributed by atoms with Gasteiger partial charge >= 0.3 is 0 Å². The van der Waals surface area contributed by atoms with Crippen molar-refractivity contribution in [3.63, 3.8) is 0 Å². The van der Waals surface area contributed by atoms with Crippen LogP contribution in [0.3, 0.4) is 0 Å². The fraction of sp³-hybridized carbons (Fsp3) is 0.588. The van der Waals surface area contributed by atoms with Gasteiger partial charge in [0.15, 0.2) is 0 Å². The molecule has 3 N–H and O–H groups in total. The zero-order valence-corrected chi connectivity index (χ0v) is 13.1. The number of hydrogen-bond donors (Lipinski definition) is 2. The van der Waals surface area contributed by atoms with E-state index in [0.717, 1.165) is 24.9 Å². The minimum absolute atomic E-state index is 0.130. The lowest BCUT2D eigenvalue weighted by Gasteiger charge is -2.27. The summed E-state index contributed by atoms with van der Waals surface area (Å²) in [5.74, 6) is 0.498. The smallest absolute Gasteiger partial charge is 0.220 e. The van der Waals surface area contributed by atoms with Crippen LogP contribution < -0.4 is 16.0 Å². The molecule has 1 aromatic carbocycles. The third-order valence-corrected chi connectivity index (χ3v) is 4.58. The molecule has 1 aromatic rings. The number of carbonyl (C=O) groups excluding carboxylic acids is 1. The Morgan fingerprint density at radius 2 is 2.10 bits per heavy atom. The maximum atomic E-state index is 12.0. The summed E-state index contributed by atoms with van der Waals surface area (Å²) in [6.07, 6.45) is 3.88. The number of hydrogen-bond acceptors (Lipinski definition) is 3. The fourth-order valence-corrected chi connectivity index (χ4v) is 2.95. The average molecular weight is 289 g/mol. The van der Waals surface area contributed by atoms with Crippen molar-refractivity contribution in [2.45, 2.75) is 44.7 Å². The highest BCUT2D eigenvalue weighted by molar-refractivity contribution is 5.76. The predicted octanol–water partition coefficient (Wildman–Crippen LogP) is 2.14. The molecule has 4 nitrogen and oxygen atoms in total. The van der Waals surface area contributed by atoms with Crippen molar-refractivity contribution in [1.82, 2.24) is 5.32 Å². The topological polar surface area (TPSA) is 58.4 Å². The molecule has 0 radical (unpaired) electrons. The molecule has 1 aliphatic rings. The third-order valence-electron chi connectivity index (χ3n) is 4.58. The zero-order chi connectivity index (χ0) is 15.2.